The van der Waals surface area contributed by atoms with Crippen molar-refractivity contribution in [2.75, 3.05) is 7.11 Å². The van der Waals surface area contributed by atoms with Gasteiger partial charge < -0.3 is 9.47 Å². The van der Waals surface area contributed by atoms with Crippen molar-refractivity contribution in [3.05, 3.63) is 63.1 Å². The van der Waals surface area contributed by atoms with Crippen LogP contribution >= 0.6 is 27.5 Å². The number of ether oxygens (including phenoxy) is 2. The number of rotatable bonds is 5. The maximum absolute atomic E-state index is 5.93. The Kier molecular flexibility index (Phi) is 5.25. The fourth-order valence-electron chi connectivity index (χ4n) is 1.69. The van der Waals surface area contributed by atoms with E-state index in [4.69, 9.17) is 21.1 Å². The van der Waals surface area contributed by atoms with E-state index in [2.05, 4.69) is 15.9 Å². The molecular weight excluding hydrogens is 328 g/mol. The molecule has 0 heterocycles. The van der Waals surface area contributed by atoms with Crippen molar-refractivity contribution in [3.63, 3.8) is 0 Å². The predicted molar refractivity (Wildman–Crippen MR) is 80.6 cm³/mol. The Labute approximate surface area is 126 Å². The highest BCUT2D eigenvalue weighted by atomic mass is 79.9. The lowest BCUT2D eigenvalue weighted by Gasteiger charge is -2.08. The second-order valence-electron chi connectivity index (χ2n) is 4.08. The lowest BCUT2D eigenvalue weighted by molar-refractivity contribution is 0.106. The summed E-state index contributed by atoms with van der Waals surface area (Å²) in [5, 5.41) is 0.726. The fraction of sp³-hybridized carbons (Fsp3) is 0.200. The molecule has 0 bridgehead atoms. The summed E-state index contributed by atoms with van der Waals surface area (Å²) in [6.45, 7) is 1.05. The standard InChI is InChI=1S/C15H14BrClO2/c1-18-14-5-6-15(16)12(8-14)10-19-9-11-3-2-4-13(17)7-11/h2-8H,9-10H2,1H3. The highest BCUT2D eigenvalue weighted by Crippen LogP contribution is 2.23. The van der Waals surface area contributed by atoms with Gasteiger partial charge in [0.2, 0.25) is 0 Å². The van der Waals surface area contributed by atoms with E-state index in [9.17, 15) is 0 Å². The molecule has 2 aromatic carbocycles. The summed E-state index contributed by atoms with van der Waals surface area (Å²) in [6, 6.07) is 13.5. The molecule has 0 atom stereocenters. The minimum atomic E-state index is 0.518. The average molecular weight is 342 g/mol. The zero-order valence-electron chi connectivity index (χ0n) is 10.5. The van der Waals surface area contributed by atoms with Crippen molar-refractivity contribution in [1.29, 1.82) is 0 Å². The molecular formula is C15H14BrClO2. The van der Waals surface area contributed by atoms with Gasteiger partial charge in [-0.05, 0) is 41.5 Å². The van der Waals surface area contributed by atoms with Crippen molar-refractivity contribution in [2.24, 2.45) is 0 Å². The van der Waals surface area contributed by atoms with E-state index in [1.54, 1.807) is 7.11 Å². The van der Waals surface area contributed by atoms with Gasteiger partial charge in [0.25, 0.3) is 0 Å². The zero-order valence-corrected chi connectivity index (χ0v) is 12.9. The molecule has 19 heavy (non-hydrogen) atoms. The summed E-state index contributed by atoms with van der Waals surface area (Å²) >= 11 is 9.43. The minimum Gasteiger partial charge on any atom is -0.497 e. The van der Waals surface area contributed by atoms with Crippen LogP contribution in [0.3, 0.4) is 0 Å². The van der Waals surface area contributed by atoms with Crippen LogP contribution in [0.25, 0.3) is 0 Å². The van der Waals surface area contributed by atoms with E-state index in [1.807, 2.05) is 42.5 Å². The quantitative estimate of drug-likeness (QED) is 0.775. The monoisotopic (exact) mass is 340 g/mol. The fourth-order valence-corrected chi connectivity index (χ4v) is 2.27. The second kappa shape index (κ2) is 6.94. The molecule has 0 fully saturated rings. The zero-order chi connectivity index (χ0) is 13.7. The Morgan fingerprint density at radius 1 is 1.11 bits per heavy atom. The first-order valence-electron chi connectivity index (χ1n) is 5.83. The number of hydrogen-bond donors (Lipinski definition) is 0. The van der Waals surface area contributed by atoms with Gasteiger partial charge in [0, 0.05) is 9.50 Å². The average Bonchev–Trinajstić information content (AvgIpc) is 2.41. The maximum Gasteiger partial charge on any atom is 0.119 e. The van der Waals surface area contributed by atoms with Crippen molar-refractivity contribution in [2.45, 2.75) is 13.2 Å². The van der Waals surface area contributed by atoms with E-state index in [0.717, 1.165) is 26.4 Å². The molecule has 0 aromatic heterocycles. The largest absolute Gasteiger partial charge is 0.497 e. The highest BCUT2D eigenvalue weighted by Gasteiger charge is 2.03. The molecule has 0 radical (unpaired) electrons. The minimum absolute atomic E-state index is 0.518. The summed E-state index contributed by atoms with van der Waals surface area (Å²) in [6.07, 6.45) is 0. The molecule has 0 spiro atoms. The second-order valence-corrected chi connectivity index (χ2v) is 5.37. The molecule has 0 unspecified atom stereocenters. The van der Waals surface area contributed by atoms with Gasteiger partial charge in [0.05, 0.1) is 20.3 Å². The van der Waals surface area contributed by atoms with Crippen LogP contribution in [0.1, 0.15) is 11.1 Å². The highest BCUT2D eigenvalue weighted by molar-refractivity contribution is 9.10. The Morgan fingerprint density at radius 3 is 2.68 bits per heavy atom. The van der Waals surface area contributed by atoms with Crippen LogP contribution in [0.2, 0.25) is 5.02 Å². The van der Waals surface area contributed by atoms with Crippen LogP contribution in [0.5, 0.6) is 5.75 Å². The van der Waals surface area contributed by atoms with Gasteiger partial charge in [-0.25, -0.2) is 0 Å². The lowest BCUT2D eigenvalue weighted by atomic mass is 10.2. The van der Waals surface area contributed by atoms with Gasteiger partial charge in [-0.3, -0.25) is 0 Å². The van der Waals surface area contributed by atoms with E-state index in [-0.39, 0.29) is 0 Å². The Hall–Kier alpha value is -1.03. The third-order valence-corrected chi connectivity index (χ3v) is 3.68. The molecule has 0 N–H and O–H groups in total. The molecule has 0 saturated heterocycles. The maximum atomic E-state index is 5.93. The summed E-state index contributed by atoms with van der Waals surface area (Å²) in [5.41, 5.74) is 2.12. The van der Waals surface area contributed by atoms with E-state index in [1.165, 1.54) is 0 Å². The Bertz CT molecular complexity index is 558. The predicted octanol–water partition coefficient (Wildman–Crippen LogP) is 4.83. The topological polar surface area (TPSA) is 18.5 Å². The van der Waals surface area contributed by atoms with E-state index in [0.29, 0.717) is 13.2 Å². The van der Waals surface area contributed by atoms with Gasteiger partial charge in [-0.2, -0.15) is 0 Å². The van der Waals surface area contributed by atoms with Crippen molar-refractivity contribution in [3.8, 4) is 5.75 Å². The van der Waals surface area contributed by atoms with Crippen LogP contribution in [-0.4, -0.2) is 7.11 Å². The SMILES string of the molecule is COc1ccc(Br)c(COCc2cccc(Cl)c2)c1. The van der Waals surface area contributed by atoms with E-state index >= 15 is 0 Å². The van der Waals surface area contributed by atoms with Gasteiger partial charge >= 0.3 is 0 Å². The van der Waals surface area contributed by atoms with Gasteiger partial charge in [-0.1, -0.05) is 39.7 Å². The first-order chi connectivity index (χ1) is 9.19. The molecule has 0 aliphatic rings. The smallest absolute Gasteiger partial charge is 0.119 e. The Balaban J connectivity index is 1.95. The molecule has 0 aliphatic carbocycles. The summed E-state index contributed by atoms with van der Waals surface area (Å²) in [5.74, 6) is 0.824. The molecule has 4 heteroatoms. The summed E-state index contributed by atoms with van der Waals surface area (Å²) in [7, 11) is 1.65. The molecule has 2 rings (SSSR count). The molecule has 0 amide bonds. The third kappa shape index (κ3) is 4.23. The number of methoxy groups -OCH3 is 1. The van der Waals surface area contributed by atoms with Crippen LogP contribution in [0.4, 0.5) is 0 Å². The number of halogens is 2. The molecule has 100 valence electrons. The van der Waals surface area contributed by atoms with Crippen LogP contribution in [-0.2, 0) is 18.0 Å². The molecule has 0 aliphatic heterocycles. The van der Waals surface area contributed by atoms with Crippen molar-refractivity contribution in [1.82, 2.24) is 0 Å². The first kappa shape index (κ1) is 14.4. The third-order valence-electron chi connectivity index (χ3n) is 2.67. The summed E-state index contributed by atoms with van der Waals surface area (Å²) < 4.78 is 11.9. The lowest BCUT2D eigenvalue weighted by Crippen LogP contribution is -1.96. The van der Waals surface area contributed by atoms with E-state index < -0.39 is 0 Å². The van der Waals surface area contributed by atoms with Crippen molar-refractivity contribution < 1.29 is 9.47 Å². The van der Waals surface area contributed by atoms with Gasteiger partial charge in [0.1, 0.15) is 5.75 Å². The first-order valence-corrected chi connectivity index (χ1v) is 7.01. The Morgan fingerprint density at radius 2 is 1.95 bits per heavy atom. The molecule has 0 saturated carbocycles. The van der Waals surface area contributed by atoms with Gasteiger partial charge in [-0.15, -0.1) is 0 Å². The number of hydrogen-bond acceptors (Lipinski definition) is 2. The van der Waals surface area contributed by atoms with Gasteiger partial charge in [0.15, 0.2) is 0 Å². The molecule has 2 nitrogen and oxygen atoms in total. The number of benzene rings is 2. The van der Waals surface area contributed by atoms with Crippen molar-refractivity contribution >= 4 is 27.5 Å². The van der Waals surface area contributed by atoms with Crippen LogP contribution in [0, 0.1) is 0 Å². The normalized spacial score (nSPS) is 10.5. The van der Waals surface area contributed by atoms with Crippen LogP contribution in [0.15, 0.2) is 46.9 Å². The molecule has 2 aromatic rings. The van der Waals surface area contributed by atoms with Crippen LogP contribution < -0.4 is 4.74 Å². The summed E-state index contributed by atoms with van der Waals surface area (Å²) in [4.78, 5) is 0.